The molecule has 0 amide bonds. The van der Waals surface area contributed by atoms with Gasteiger partial charge in [0.05, 0.1) is 12.3 Å². The molecule has 1 aliphatic rings. The molecule has 0 unspecified atom stereocenters. The number of pyridine rings is 1. The largest absolute Gasteiger partial charge is 0.394 e. The Labute approximate surface area is 160 Å². The van der Waals surface area contributed by atoms with Crippen molar-refractivity contribution in [2.75, 3.05) is 63.6 Å². The Kier molecular flexibility index (Phi) is 6.92. The van der Waals surface area contributed by atoms with E-state index in [0.29, 0.717) is 5.95 Å². The molecule has 8 heteroatoms. The highest BCUT2D eigenvalue weighted by atomic mass is 16.3. The van der Waals surface area contributed by atoms with Gasteiger partial charge in [0.15, 0.2) is 0 Å². The molecule has 2 aromatic heterocycles. The molecular weight excluding hydrogens is 342 g/mol. The third-order valence-corrected chi connectivity index (χ3v) is 4.68. The van der Waals surface area contributed by atoms with Crippen molar-refractivity contribution in [3.63, 3.8) is 0 Å². The summed E-state index contributed by atoms with van der Waals surface area (Å²) in [4.78, 5) is 18.0. The number of nitrogens with zero attached hydrogens (tertiary/aromatic N) is 5. The maximum atomic E-state index is 9.31. The van der Waals surface area contributed by atoms with Crippen molar-refractivity contribution in [1.29, 1.82) is 0 Å². The van der Waals surface area contributed by atoms with Crippen molar-refractivity contribution in [2.24, 2.45) is 0 Å². The summed E-state index contributed by atoms with van der Waals surface area (Å²) in [5, 5.41) is 15.9. The third kappa shape index (κ3) is 5.85. The van der Waals surface area contributed by atoms with Crippen LogP contribution in [0.25, 0.3) is 11.3 Å². The minimum atomic E-state index is -0.115. The molecule has 1 saturated heterocycles. The maximum Gasteiger partial charge on any atom is 0.225 e. The molecule has 3 rings (SSSR count). The van der Waals surface area contributed by atoms with E-state index in [4.69, 9.17) is 0 Å². The Morgan fingerprint density at radius 3 is 2.59 bits per heavy atom. The number of aromatic nitrogens is 3. The third-order valence-electron chi connectivity index (χ3n) is 4.68. The first-order chi connectivity index (χ1) is 13.1. The van der Waals surface area contributed by atoms with E-state index in [1.165, 1.54) is 0 Å². The number of piperazine rings is 1. The number of anilines is 2. The summed E-state index contributed by atoms with van der Waals surface area (Å²) < 4.78 is 0. The van der Waals surface area contributed by atoms with Gasteiger partial charge in [-0.15, -0.1) is 0 Å². The van der Waals surface area contributed by atoms with E-state index in [9.17, 15) is 5.11 Å². The van der Waals surface area contributed by atoms with Crippen molar-refractivity contribution in [3.8, 4) is 11.3 Å². The SMILES string of the molecule is C[C@H](CO)Nc1nc(NCCN2CCN(C)CC2)cc(-c2ccncc2)n1. The topological polar surface area (TPSA) is 89.4 Å². The predicted octanol–water partition coefficient (Wildman–Crippen LogP) is 0.991. The van der Waals surface area contributed by atoms with Gasteiger partial charge in [0.25, 0.3) is 0 Å². The molecule has 2 aromatic rings. The number of hydrogen-bond acceptors (Lipinski definition) is 8. The van der Waals surface area contributed by atoms with Crippen LogP contribution in [0.3, 0.4) is 0 Å². The van der Waals surface area contributed by atoms with Crippen LogP contribution in [-0.4, -0.2) is 88.8 Å². The lowest BCUT2D eigenvalue weighted by atomic mass is 10.2. The van der Waals surface area contributed by atoms with Gasteiger partial charge in [-0.1, -0.05) is 0 Å². The van der Waals surface area contributed by atoms with Gasteiger partial charge in [0.2, 0.25) is 5.95 Å². The molecule has 0 radical (unpaired) electrons. The van der Waals surface area contributed by atoms with Crippen LogP contribution < -0.4 is 10.6 Å². The lowest BCUT2D eigenvalue weighted by molar-refractivity contribution is 0.158. The van der Waals surface area contributed by atoms with Crippen molar-refractivity contribution < 1.29 is 5.11 Å². The summed E-state index contributed by atoms with van der Waals surface area (Å²) in [6.45, 7) is 8.16. The lowest BCUT2D eigenvalue weighted by Gasteiger charge is -2.32. The van der Waals surface area contributed by atoms with Gasteiger partial charge in [-0.2, -0.15) is 4.98 Å². The van der Waals surface area contributed by atoms with Crippen molar-refractivity contribution in [1.82, 2.24) is 24.8 Å². The van der Waals surface area contributed by atoms with Gasteiger partial charge >= 0.3 is 0 Å². The number of hydrogen-bond donors (Lipinski definition) is 3. The molecular formula is C19H29N7O. The van der Waals surface area contributed by atoms with Crippen LogP contribution in [-0.2, 0) is 0 Å². The van der Waals surface area contributed by atoms with E-state index in [-0.39, 0.29) is 12.6 Å². The van der Waals surface area contributed by atoms with Crippen molar-refractivity contribution in [3.05, 3.63) is 30.6 Å². The molecule has 0 aliphatic carbocycles. The molecule has 27 heavy (non-hydrogen) atoms. The fraction of sp³-hybridized carbons (Fsp3) is 0.526. The van der Waals surface area contributed by atoms with Gasteiger partial charge in [-0.3, -0.25) is 9.88 Å². The van der Waals surface area contributed by atoms with Crippen LogP contribution in [0, 0.1) is 0 Å². The second-order valence-corrected chi connectivity index (χ2v) is 7.00. The van der Waals surface area contributed by atoms with Crippen molar-refractivity contribution in [2.45, 2.75) is 13.0 Å². The minimum Gasteiger partial charge on any atom is -0.394 e. The predicted molar refractivity (Wildman–Crippen MR) is 108 cm³/mol. The summed E-state index contributed by atoms with van der Waals surface area (Å²) in [6, 6.07) is 5.69. The standard InChI is InChI=1S/C19H29N7O/c1-15(14-27)22-19-23-17(16-3-5-20-6-4-16)13-18(24-19)21-7-8-26-11-9-25(2)10-12-26/h3-6,13,15,27H,7-12,14H2,1-2H3,(H2,21,22,23,24)/t15-/m1/s1. The van der Waals surface area contributed by atoms with Gasteiger partial charge in [0, 0.05) is 69.3 Å². The zero-order valence-electron chi connectivity index (χ0n) is 16.1. The summed E-state index contributed by atoms with van der Waals surface area (Å²) in [5.41, 5.74) is 1.80. The Morgan fingerprint density at radius 1 is 1.15 bits per heavy atom. The van der Waals surface area contributed by atoms with Crippen LogP contribution >= 0.6 is 0 Å². The Hall–Kier alpha value is -2.29. The number of aliphatic hydroxyl groups is 1. The van der Waals surface area contributed by atoms with Crippen LogP contribution in [0.5, 0.6) is 0 Å². The normalized spacial score (nSPS) is 16.9. The molecule has 0 bridgehead atoms. The molecule has 146 valence electrons. The minimum absolute atomic E-state index is 0.0228. The first kappa shape index (κ1) is 19.5. The fourth-order valence-electron chi connectivity index (χ4n) is 2.95. The first-order valence-corrected chi connectivity index (χ1v) is 9.45. The number of nitrogens with one attached hydrogen (secondary N) is 2. The summed E-state index contributed by atoms with van der Waals surface area (Å²) in [5.74, 6) is 1.28. The molecule has 1 atom stereocenters. The molecule has 8 nitrogen and oxygen atoms in total. The first-order valence-electron chi connectivity index (χ1n) is 9.45. The highest BCUT2D eigenvalue weighted by Gasteiger charge is 2.13. The maximum absolute atomic E-state index is 9.31. The van der Waals surface area contributed by atoms with E-state index in [2.05, 4.69) is 42.4 Å². The number of likely N-dealkylation sites (N-methyl/N-ethyl adjacent to an activating group) is 1. The van der Waals surface area contributed by atoms with Gasteiger partial charge in [-0.25, -0.2) is 4.98 Å². The Bertz CT molecular complexity index is 704. The highest BCUT2D eigenvalue weighted by molar-refractivity contribution is 5.63. The van der Waals surface area contributed by atoms with Crippen LogP contribution in [0.15, 0.2) is 30.6 Å². The molecule has 3 N–H and O–H groups in total. The Morgan fingerprint density at radius 2 is 1.89 bits per heavy atom. The smallest absolute Gasteiger partial charge is 0.225 e. The van der Waals surface area contributed by atoms with Gasteiger partial charge in [-0.05, 0) is 26.1 Å². The number of rotatable bonds is 8. The molecule has 3 heterocycles. The van der Waals surface area contributed by atoms with Crippen molar-refractivity contribution >= 4 is 11.8 Å². The average molecular weight is 371 g/mol. The van der Waals surface area contributed by atoms with E-state index >= 15 is 0 Å². The van der Waals surface area contributed by atoms with Gasteiger partial charge in [0.1, 0.15) is 5.82 Å². The van der Waals surface area contributed by atoms with Crippen LogP contribution in [0.1, 0.15) is 6.92 Å². The van der Waals surface area contributed by atoms with Crippen LogP contribution in [0.4, 0.5) is 11.8 Å². The average Bonchev–Trinajstić information content (AvgIpc) is 2.70. The quantitative estimate of drug-likeness (QED) is 0.633. The van der Waals surface area contributed by atoms with E-state index in [1.54, 1.807) is 12.4 Å². The molecule has 0 saturated carbocycles. The van der Waals surface area contributed by atoms with E-state index in [0.717, 1.165) is 56.3 Å². The van der Waals surface area contributed by atoms with E-state index < -0.39 is 0 Å². The molecule has 1 fully saturated rings. The second kappa shape index (κ2) is 9.59. The van der Waals surface area contributed by atoms with Gasteiger partial charge < -0.3 is 20.6 Å². The highest BCUT2D eigenvalue weighted by Crippen LogP contribution is 2.21. The van der Waals surface area contributed by atoms with E-state index in [1.807, 2.05) is 25.1 Å². The number of aliphatic hydroxyl groups excluding tert-OH is 1. The lowest BCUT2D eigenvalue weighted by Crippen LogP contribution is -2.45. The molecule has 0 aromatic carbocycles. The van der Waals surface area contributed by atoms with Crippen LogP contribution in [0.2, 0.25) is 0 Å². The zero-order valence-corrected chi connectivity index (χ0v) is 16.1. The zero-order chi connectivity index (χ0) is 19.1. The second-order valence-electron chi connectivity index (χ2n) is 7.00. The summed E-state index contributed by atoms with van der Waals surface area (Å²) in [6.07, 6.45) is 3.50. The summed E-state index contributed by atoms with van der Waals surface area (Å²) >= 11 is 0. The molecule has 1 aliphatic heterocycles. The fourth-order valence-corrected chi connectivity index (χ4v) is 2.95. The summed E-state index contributed by atoms with van der Waals surface area (Å²) in [7, 11) is 2.17. The monoisotopic (exact) mass is 371 g/mol. The Balaban J connectivity index is 1.68. The molecule has 0 spiro atoms.